The molecular weight excluding hydrogens is 148 g/mol. The molecule has 2 atom stereocenters. The topological polar surface area (TPSA) is 41.1 Å². The van der Waals surface area contributed by atoms with Crippen molar-refractivity contribution in [3.8, 4) is 0 Å². The third-order valence-corrected chi connectivity index (χ3v) is 2.32. The van der Waals surface area contributed by atoms with E-state index >= 15 is 0 Å². The van der Waals surface area contributed by atoms with Gasteiger partial charge >= 0.3 is 6.03 Å². The maximum Gasteiger partial charge on any atom is 0.315 e. The Labute approximate surface area is 64.9 Å². The van der Waals surface area contributed by atoms with Gasteiger partial charge in [-0.25, -0.2) is 4.79 Å². The molecule has 0 aromatic carbocycles. The van der Waals surface area contributed by atoms with Crippen LogP contribution >= 0.6 is 11.8 Å². The molecule has 0 aromatic rings. The summed E-state index contributed by atoms with van der Waals surface area (Å²) in [6, 6.07) is 0.550. The summed E-state index contributed by atoms with van der Waals surface area (Å²) in [5.41, 5.74) is 0. The van der Waals surface area contributed by atoms with E-state index in [0.717, 1.165) is 5.75 Å². The Balaban J connectivity index is 2.38. The molecule has 0 spiro atoms. The quantitative estimate of drug-likeness (QED) is 0.614. The first kappa shape index (κ1) is 7.72. The van der Waals surface area contributed by atoms with E-state index in [2.05, 4.69) is 10.6 Å². The van der Waals surface area contributed by atoms with Crippen LogP contribution in [0.3, 0.4) is 0 Å². The standard InChI is InChI=1S/C6H12N2OS/c1-4-5(3-10-2)8-6(9)7-4/h4-5H,3H2,1-2H3,(H2,7,8,9). The number of amides is 2. The Bertz CT molecular complexity index is 140. The van der Waals surface area contributed by atoms with E-state index in [1.807, 2.05) is 13.2 Å². The maximum absolute atomic E-state index is 10.7. The predicted molar refractivity (Wildman–Crippen MR) is 43.3 cm³/mol. The number of nitrogens with one attached hydrogen (secondary N) is 2. The molecule has 0 aliphatic carbocycles. The van der Waals surface area contributed by atoms with Gasteiger partial charge in [0.1, 0.15) is 0 Å². The van der Waals surface area contributed by atoms with E-state index in [4.69, 9.17) is 0 Å². The minimum absolute atomic E-state index is 0.0356. The van der Waals surface area contributed by atoms with Crippen molar-refractivity contribution >= 4 is 17.8 Å². The lowest BCUT2D eigenvalue weighted by Gasteiger charge is -2.11. The average molecular weight is 160 g/mol. The molecule has 0 bridgehead atoms. The summed E-state index contributed by atoms with van der Waals surface area (Å²) in [4.78, 5) is 10.7. The summed E-state index contributed by atoms with van der Waals surface area (Å²) in [5.74, 6) is 0.986. The normalized spacial score (nSPS) is 31.6. The molecule has 1 heterocycles. The van der Waals surface area contributed by atoms with Gasteiger partial charge in [0, 0.05) is 11.8 Å². The molecule has 4 heteroatoms. The Kier molecular flexibility index (Phi) is 2.43. The number of urea groups is 1. The van der Waals surface area contributed by atoms with Crippen molar-refractivity contribution in [2.45, 2.75) is 19.0 Å². The largest absolute Gasteiger partial charge is 0.334 e. The lowest BCUT2D eigenvalue weighted by atomic mass is 10.2. The Hall–Kier alpha value is -0.380. The van der Waals surface area contributed by atoms with Gasteiger partial charge in [-0.3, -0.25) is 0 Å². The number of hydrogen-bond acceptors (Lipinski definition) is 2. The van der Waals surface area contributed by atoms with E-state index in [-0.39, 0.29) is 12.1 Å². The van der Waals surface area contributed by atoms with E-state index < -0.39 is 0 Å². The van der Waals surface area contributed by atoms with Gasteiger partial charge in [-0.2, -0.15) is 11.8 Å². The zero-order chi connectivity index (χ0) is 7.56. The van der Waals surface area contributed by atoms with Crippen molar-refractivity contribution in [3.63, 3.8) is 0 Å². The van der Waals surface area contributed by atoms with Crippen molar-refractivity contribution in [3.05, 3.63) is 0 Å². The van der Waals surface area contributed by atoms with Crippen LogP contribution in [0.15, 0.2) is 0 Å². The van der Waals surface area contributed by atoms with E-state index in [1.54, 1.807) is 11.8 Å². The van der Waals surface area contributed by atoms with Gasteiger partial charge < -0.3 is 10.6 Å². The number of carbonyl (C=O) groups excluding carboxylic acids is 1. The van der Waals surface area contributed by atoms with Gasteiger partial charge in [0.05, 0.1) is 6.04 Å². The fourth-order valence-electron chi connectivity index (χ4n) is 1.01. The Morgan fingerprint density at radius 3 is 2.70 bits per heavy atom. The zero-order valence-electron chi connectivity index (χ0n) is 6.18. The minimum Gasteiger partial charge on any atom is -0.334 e. The van der Waals surface area contributed by atoms with Crippen molar-refractivity contribution in [1.29, 1.82) is 0 Å². The van der Waals surface area contributed by atoms with Crippen LogP contribution in [0.25, 0.3) is 0 Å². The summed E-state index contributed by atoms with van der Waals surface area (Å²) in [5, 5.41) is 5.62. The highest BCUT2D eigenvalue weighted by Gasteiger charge is 2.26. The zero-order valence-corrected chi connectivity index (χ0v) is 6.99. The Morgan fingerprint density at radius 1 is 1.60 bits per heavy atom. The maximum atomic E-state index is 10.7. The molecule has 1 aliphatic heterocycles. The SMILES string of the molecule is CSCC1NC(=O)NC1C. The van der Waals surface area contributed by atoms with Crippen LogP contribution in [0.4, 0.5) is 4.79 Å². The second-order valence-corrected chi connectivity index (χ2v) is 3.38. The lowest BCUT2D eigenvalue weighted by Crippen LogP contribution is -2.32. The number of rotatable bonds is 2. The van der Waals surface area contributed by atoms with E-state index in [0.29, 0.717) is 6.04 Å². The molecule has 1 rings (SSSR count). The molecule has 1 aliphatic rings. The fourth-order valence-corrected chi connectivity index (χ4v) is 1.74. The first-order valence-corrected chi connectivity index (χ1v) is 4.69. The summed E-state index contributed by atoms with van der Waals surface area (Å²) in [7, 11) is 0. The third-order valence-electron chi connectivity index (χ3n) is 1.63. The molecule has 0 radical (unpaired) electrons. The van der Waals surface area contributed by atoms with E-state index in [1.165, 1.54) is 0 Å². The van der Waals surface area contributed by atoms with Crippen LogP contribution in [0, 0.1) is 0 Å². The van der Waals surface area contributed by atoms with Crippen LogP contribution < -0.4 is 10.6 Å². The first-order chi connectivity index (χ1) is 4.74. The highest BCUT2D eigenvalue weighted by atomic mass is 32.2. The number of thioether (sulfide) groups is 1. The monoisotopic (exact) mass is 160 g/mol. The summed E-state index contributed by atoms with van der Waals surface area (Å²) in [6.45, 7) is 2.01. The first-order valence-electron chi connectivity index (χ1n) is 3.30. The molecule has 0 aromatic heterocycles. The smallest absolute Gasteiger partial charge is 0.315 e. The molecule has 58 valence electrons. The molecule has 2 amide bonds. The van der Waals surface area contributed by atoms with Gasteiger partial charge in [0.25, 0.3) is 0 Å². The second-order valence-electron chi connectivity index (χ2n) is 2.47. The molecule has 3 nitrogen and oxygen atoms in total. The van der Waals surface area contributed by atoms with Crippen LogP contribution in [-0.4, -0.2) is 30.1 Å². The van der Waals surface area contributed by atoms with E-state index in [9.17, 15) is 4.79 Å². The van der Waals surface area contributed by atoms with Gasteiger partial charge in [0.2, 0.25) is 0 Å². The Morgan fingerprint density at radius 2 is 2.30 bits per heavy atom. The molecule has 2 unspecified atom stereocenters. The van der Waals surface area contributed by atoms with Crippen molar-refractivity contribution < 1.29 is 4.79 Å². The van der Waals surface area contributed by atoms with Crippen LogP contribution in [0.5, 0.6) is 0 Å². The molecule has 0 saturated carbocycles. The number of hydrogen-bond donors (Lipinski definition) is 2. The minimum atomic E-state index is -0.0356. The van der Waals surface area contributed by atoms with Crippen molar-refractivity contribution in [2.24, 2.45) is 0 Å². The summed E-state index contributed by atoms with van der Waals surface area (Å²) in [6.07, 6.45) is 2.04. The highest BCUT2D eigenvalue weighted by molar-refractivity contribution is 7.98. The van der Waals surface area contributed by atoms with Crippen molar-refractivity contribution in [2.75, 3.05) is 12.0 Å². The van der Waals surface area contributed by atoms with Crippen LogP contribution in [-0.2, 0) is 0 Å². The second kappa shape index (κ2) is 3.14. The molecule has 10 heavy (non-hydrogen) atoms. The molecule has 1 fully saturated rings. The summed E-state index contributed by atoms with van der Waals surface area (Å²) < 4.78 is 0. The third kappa shape index (κ3) is 1.56. The van der Waals surface area contributed by atoms with Gasteiger partial charge in [-0.05, 0) is 13.2 Å². The number of carbonyl (C=O) groups is 1. The molecule has 1 saturated heterocycles. The predicted octanol–water partition coefficient (Wildman–Crippen LogP) is 0.419. The van der Waals surface area contributed by atoms with Crippen LogP contribution in [0.2, 0.25) is 0 Å². The highest BCUT2D eigenvalue weighted by Crippen LogP contribution is 2.05. The molecule has 2 N–H and O–H groups in total. The van der Waals surface area contributed by atoms with Crippen molar-refractivity contribution in [1.82, 2.24) is 10.6 Å². The van der Waals surface area contributed by atoms with Gasteiger partial charge in [0.15, 0.2) is 0 Å². The van der Waals surface area contributed by atoms with Gasteiger partial charge in [-0.15, -0.1) is 0 Å². The van der Waals surface area contributed by atoms with Gasteiger partial charge in [-0.1, -0.05) is 0 Å². The van der Waals surface area contributed by atoms with Crippen LogP contribution in [0.1, 0.15) is 6.92 Å². The fraction of sp³-hybridized carbons (Fsp3) is 0.833. The summed E-state index contributed by atoms with van der Waals surface area (Å²) >= 11 is 1.75. The lowest BCUT2D eigenvalue weighted by molar-refractivity contribution is 0.247. The average Bonchev–Trinajstić information content (AvgIpc) is 2.13. The molecular formula is C6H12N2OS.